The number of nitrogens with one attached hydrogen (secondary N) is 1. The Hall–Kier alpha value is -1.95. The van der Waals surface area contributed by atoms with Gasteiger partial charge in [-0.25, -0.2) is 9.97 Å². The zero-order valence-electron chi connectivity index (χ0n) is 9.31. The van der Waals surface area contributed by atoms with Crippen LogP contribution in [0.4, 0.5) is 5.95 Å². The third kappa shape index (κ3) is 2.79. The monoisotopic (exact) mass is 251 g/mol. The Bertz CT molecular complexity index is 545. The molecule has 0 radical (unpaired) electrons. The van der Waals surface area contributed by atoms with E-state index in [4.69, 9.17) is 11.6 Å². The maximum atomic E-state index is 11.7. The summed E-state index contributed by atoms with van der Waals surface area (Å²) in [6.07, 6.45) is 1.68. The van der Waals surface area contributed by atoms with Crippen LogP contribution in [0.1, 0.15) is 16.2 Å². The predicted octanol–water partition coefficient (Wildman–Crippen LogP) is 1.42. The molecular formula is C10H10ClN5O. The first-order valence-electron chi connectivity index (χ1n) is 4.87. The fourth-order valence-electron chi connectivity index (χ4n) is 1.29. The summed E-state index contributed by atoms with van der Waals surface area (Å²) < 4.78 is 1.54. The smallest absolute Gasteiger partial charge is 0.278 e. The first-order valence-corrected chi connectivity index (χ1v) is 5.24. The molecule has 1 N–H and O–H groups in total. The van der Waals surface area contributed by atoms with Gasteiger partial charge in [-0.05, 0) is 19.1 Å². The number of anilines is 1. The van der Waals surface area contributed by atoms with Crippen molar-refractivity contribution in [3.8, 4) is 0 Å². The molecule has 2 rings (SSSR count). The molecule has 1 amide bonds. The van der Waals surface area contributed by atoms with E-state index in [9.17, 15) is 4.79 Å². The zero-order chi connectivity index (χ0) is 12.4. The minimum absolute atomic E-state index is 0.172. The summed E-state index contributed by atoms with van der Waals surface area (Å²) in [6.45, 7) is 1.77. The van der Waals surface area contributed by atoms with E-state index in [2.05, 4.69) is 20.4 Å². The SMILES string of the molecule is Cc1cc(Cl)nc(NC(=O)c2ccn(C)n2)n1. The van der Waals surface area contributed by atoms with Crippen LogP contribution in [0, 0.1) is 6.92 Å². The molecule has 0 bridgehead atoms. The van der Waals surface area contributed by atoms with E-state index >= 15 is 0 Å². The topological polar surface area (TPSA) is 72.7 Å². The van der Waals surface area contributed by atoms with Gasteiger partial charge in [-0.15, -0.1) is 0 Å². The molecule has 88 valence electrons. The molecule has 0 aliphatic heterocycles. The molecule has 0 saturated heterocycles. The molecule has 6 nitrogen and oxygen atoms in total. The van der Waals surface area contributed by atoms with Crippen LogP contribution < -0.4 is 5.32 Å². The Morgan fingerprint density at radius 2 is 2.24 bits per heavy atom. The standard InChI is InChI=1S/C10H10ClN5O/c1-6-5-8(11)13-10(12-6)14-9(17)7-3-4-16(2)15-7/h3-5H,1-2H3,(H,12,13,14,17). The number of carbonyl (C=O) groups excluding carboxylic acids is 1. The Morgan fingerprint density at radius 1 is 1.47 bits per heavy atom. The van der Waals surface area contributed by atoms with Gasteiger partial charge in [-0.2, -0.15) is 5.10 Å². The van der Waals surface area contributed by atoms with Crippen molar-refractivity contribution in [2.45, 2.75) is 6.92 Å². The molecule has 0 saturated carbocycles. The third-order valence-electron chi connectivity index (χ3n) is 1.99. The van der Waals surface area contributed by atoms with E-state index in [1.54, 1.807) is 37.0 Å². The summed E-state index contributed by atoms with van der Waals surface area (Å²) in [4.78, 5) is 19.7. The number of carbonyl (C=O) groups is 1. The lowest BCUT2D eigenvalue weighted by Gasteiger charge is -2.02. The fraction of sp³-hybridized carbons (Fsp3) is 0.200. The minimum atomic E-state index is -0.368. The quantitative estimate of drug-likeness (QED) is 0.820. The second-order valence-corrected chi connectivity index (χ2v) is 3.87. The molecule has 0 unspecified atom stereocenters. The Balaban J connectivity index is 2.18. The lowest BCUT2D eigenvalue weighted by molar-refractivity contribution is 0.102. The van der Waals surface area contributed by atoms with E-state index in [-0.39, 0.29) is 17.0 Å². The first kappa shape index (κ1) is 11.5. The number of nitrogens with zero attached hydrogens (tertiary/aromatic N) is 4. The maximum Gasteiger partial charge on any atom is 0.278 e. The van der Waals surface area contributed by atoms with Crippen LogP contribution in [0.25, 0.3) is 0 Å². The average molecular weight is 252 g/mol. The molecule has 7 heteroatoms. The molecule has 0 spiro atoms. The van der Waals surface area contributed by atoms with Crippen molar-refractivity contribution in [3.05, 3.63) is 34.9 Å². The largest absolute Gasteiger partial charge is 0.289 e. The van der Waals surface area contributed by atoms with E-state index in [0.29, 0.717) is 11.4 Å². The van der Waals surface area contributed by atoms with Crippen LogP contribution in [-0.2, 0) is 7.05 Å². The van der Waals surface area contributed by atoms with Gasteiger partial charge >= 0.3 is 0 Å². The molecule has 0 aromatic carbocycles. The number of halogens is 1. The molecule has 2 aromatic rings. The predicted molar refractivity (Wildman–Crippen MR) is 62.9 cm³/mol. The van der Waals surface area contributed by atoms with Gasteiger partial charge in [0, 0.05) is 18.9 Å². The molecule has 17 heavy (non-hydrogen) atoms. The van der Waals surface area contributed by atoms with E-state index in [0.717, 1.165) is 0 Å². The minimum Gasteiger partial charge on any atom is -0.289 e. The van der Waals surface area contributed by atoms with Crippen molar-refractivity contribution < 1.29 is 4.79 Å². The molecule has 0 atom stereocenters. The summed E-state index contributed by atoms with van der Waals surface area (Å²) >= 11 is 5.76. The summed E-state index contributed by atoms with van der Waals surface area (Å²) in [6, 6.07) is 3.21. The molecular weight excluding hydrogens is 242 g/mol. The fourth-order valence-corrected chi connectivity index (χ4v) is 1.53. The van der Waals surface area contributed by atoms with E-state index < -0.39 is 0 Å². The Morgan fingerprint density at radius 3 is 2.82 bits per heavy atom. The van der Waals surface area contributed by atoms with Crippen molar-refractivity contribution in [3.63, 3.8) is 0 Å². The highest BCUT2D eigenvalue weighted by Gasteiger charge is 2.11. The van der Waals surface area contributed by atoms with Crippen molar-refractivity contribution in [1.82, 2.24) is 19.7 Å². The van der Waals surface area contributed by atoms with Gasteiger partial charge in [0.25, 0.3) is 5.91 Å². The second kappa shape index (κ2) is 4.50. The van der Waals surface area contributed by atoms with Crippen LogP contribution in [0.3, 0.4) is 0 Å². The van der Waals surface area contributed by atoms with Gasteiger partial charge < -0.3 is 0 Å². The zero-order valence-corrected chi connectivity index (χ0v) is 10.1. The number of hydrogen-bond donors (Lipinski definition) is 1. The van der Waals surface area contributed by atoms with Crippen LogP contribution in [0.5, 0.6) is 0 Å². The van der Waals surface area contributed by atoms with Gasteiger partial charge in [0.1, 0.15) is 5.15 Å². The maximum absolute atomic E-state index is 11.7. The van der Waals surface area contributed by atoms with E-state index in [1.165, 1.54) is 0 Å². The van der Waals surface area contributed by atoms with Gasteiger partial charge in [0.05, 0.1) is 0 Å². The van der Waals surface area contributed by atoms with Crippen molar-refractivity contribution in [2.24, 2.45) is 7.05 Å². The van der Waals surface area contributed by atoms with Crippen LogP contribution >= 0.6 is 11.6 Å². The third-order valence-corrected chi connectivity index (χ3v) is 2.19. The summed E-state index contributed by atoms with van der Waals surface area (Å²) in [7, 11) is 1.73. The highest BCUT2D eigenvalue weighted by Crippen LogP contribution is 2.10. The number of aryl methyl sites for hydroxylation is 2. The highest BCUT2D eigenvalue weighted by molar-refractivity contribution is 6.29. The number of rotatable bonds is 2. The summed E-state index contributed by atoms with van der Waals surface area (Å²) in [5.74, 6) is -0.196. The normalized spacial score (nSPS) is 10.3. The van der Waals surface area contributed by atoms with Gasteiger partial charge in [-0.1, -0.05) is 11.6 Å². The van der Waals surface area contributed by atoms with Crippen molar-refractivity contribution in [2.75, 3.05) is 5.32 Å². The lowest BCUT2D eigenvalue weighted by Crippen LogP contribution is -2.15. The number of amides is 1. The van der Waals surface area contributed by atoms with Crippen molar-refractivity contribution >= 4 is 23.5 Å². The van der Waals surface area contributed by atoms with E-state index in [1.807, 2.05) is 0 Å². The second-order valence-electron chi connectivity index (χ2n) is 3.48. The van der Waals surface area contributed by atoms with Crippen molar-refractivity contribution in [1.29, 1.82) is 0 Å². The lowest BCUT2D eigenvalue weighted by atomic mass is 10.4. The molecule has 0 aliphatic carbocycles. The summed E-state index contributed by atoms with van der Waals surface area (Å²) in [5.41, 5.74) is 0.982. The Kier molecular flexibility index (Phi) is 3.06. The van der Waals surface area contributed by atoms with Gasteiger partial charge in [0.2, 0.25) is 5.95 Å². The van der Waals surface area contributed by atoms with Crippen LogP contribution in [-0.4, -0.2) is 25.7 Å². The highest BCUT2D eigenvalue weighted by atomic mass is 35.5. The van der Waals surface area contributed by atoms with Crippen LogP contribution in [0.15, 0.2) is 18.3 Å². The molecule has 0 fully saturated rings. The molecule has 0 aliphatic rings. The summed E-state index contributed by atoms with van der Waals surface area (Å²) in [5, 5.41) is 6.79. The Labute approximate surface area is 103 Å². The number of aromatic nitrogens is 4. The molecule has 2 aromatic heterocycles. The number of hydrogen-bond acceptors (Lipinski definition) is 4. The van der Waals surface area contributed by atoms with Gasteiger partial charge in [-0.3, -0.25) is 14.8 Å². The first-order chi connectivity index (χ1) is 8.04. The van der Waals surface area contributed by atoms with Gasteiger partial charge in [0.15, 0.2) is 5.69 Å². The van der Waals surface area contributed by atoms with Crippen LogP contribution in [0.2, 0.25) is 5.15 Å². The average Bonchev–Trinajstić information content (AvgIpc) is 2.63. The molecule has 2 heterocycles.